The van der Waals surface area contributed by atoms with Crippen LogP contribution in [0.4, 0.5) is 8.78 Å². The number of benzene rings is 3. The van der Waals surface area contributed by atoms with Crippen molar-refractivity contribution in [2.75, 3.05) is 0 Å². The van der Waals surface area contributed by atoms with Crippen LogP contribution < -0.4 is 15.4 Å². The summed E-state index contributed by atoms with van der Waals surface area (Å²) in [6.45, 7) is 0.828. The lowest BCUT2D eigenvalue weighted by atomic mass is 10.1. The van der Waals surface area contributed by atoms with Crippen molar-refractivity contribution in [3.05, 3.63) is 101 Å². The number of alkyl halides is 2. The van der Waals surface area contributed by atoms with Gasteiger partial charge in [0.25, 0.3) is 5.91 Å². The zero-order valence-corrected chi connectivity index (χ0v) is 16.7. The van der Waals surface area contributed by atoms with E-state index >= 15 is 0 Å². The van der Waals surface area contributed by atoms with Crippen molar-refractivity contribution in [1.82, 2.24) is 10.6 Å². The molecule has 156 valence electrons. The van der Waals surface area contributed by atoms with Gasteiger partial charge in [-0.2, -0.15) is 8.78 Å². The quantitative estimate of drug-likeness (QED) is 0.532. The number of amides is 1. The molecule has 4 nitrogen and oxygen atoms in total. The molecular weight excluding hydrogens is 386 g/mol. The molecule has 2 N–H and O–H groups in total. The second-order valence-electron chi connectivity index (χ2n) is 6.99. The first-order chi connectivity index (χ1) is 14.5. The molecule has 0 aliphatic heterocycles. The number of carbonyl (C=O) groups excluding carboxylic acids is 1. The molecule has 0 aliphatic rings. The Kier molecular flexibility index (Phi) is 7.51. The van der Waals surface area contributed by atoms with Crippen molar-refractivity contribution >= 4 is 5.91 Å². The molecule has 6 heteroatoms. The highest BCUT2D eigenvalue weighted by molar-refractivity contribution is 5.94. The van der Waals surface area contributed by atoms with Crippen molar-refractivity contribution in [3.8, 4) is 5.75 Å². The summed E-state index contributed by atoms with van der Waals surface area (Å²) in [5.41, 5.74) is 4.77. The minimum absolute atomic E-state index is 0.118. The molecule has 0 spiro atoms. The number of hydrogen-bond donors (Lipinski definition) is 2. The van der Waals surface area contributed by atoms with E-state index in [0.29, 0.717) is 25.2 Å². The van der Waals surface area contributed by atoms with Crippen LogP contribution in [0.3, 0.4) is 0 Å². The second-order valence-corrected chi connectivity index (χ2v) is 6.99. The first-order valence-electron chi connectivity index (χ1n) is 9.67. The van der Waals surface area contributed by atoms with E-state index in [4.69, 9.17) is 0 Å². The van der Waals surface area contributed by atoms with Gasteiger partial charge in [0.05, 0.1) is 0 Å². The topological polar surface area (TPSA) is 50.4 Å². The zero-order chi connectivity index (χ0) is 21.3. The Labute approximate surface area is 174 Å². The number of halogens is 2. The van der Waals surface area contributed by atoms with Gasteiger partial charge in [0, 0.05) is 25.2 Å². The van der Waals surface area contributed by atoms with Crippen molar-refractivity contribution < 1.29 is 18.3 Å². The number of nitrogens with one attached hydrogen (secondary N) is 2. The molecule has 0 atom stereocenters. The summed E-state index contributed by atoms with van der Waals surface area (Å²) in [5, 5.41) is 6.22. The lowest BCUT2D eigenvalue weighted by Crippen LogP contribution is -2.23. The predicted molar refractivity (Wildman–Crippen MR) is 112 cm³/mol. The van der Waals surface area contributed by atoms with Crippen LogP contribution in [-0.2, 0) is 19.6 Å². The Morgan fingerprint density at radius 2 is 1.50 bits per heavy atom. The van der Waals surface area contributed by atoms with Crippen molar-refractivity contribution in [3.63, 3.8) is 0 Å². The fourth-order valence-electron chi connectivity index (χ4n) is 2.95. The van der Waals surface area contributed by atoms with Gasteiger partial charge in [0.2, 0.25) is 0 Å². The number of ether oxygens (including phenoxy) is 1. The summed E-state index contributed by atoms with van der Waals surface area (Å²) in [4.78, 5) is 12.4. The third kappa shape index (κ3) is 6.67. The van der Waals surface area contributed by atoms with Crippen LogP contribution in [0.5, 0.6) is 5.75 Å². The second kappa shape index (κ2) is 10.5. The maximum atomic E-state index is 12.4. The monoisotopic (exact) mass is 410 g/mol. The van der Waals surface area contributed by atoms with Crippen LogP contribution in [0.2, 0.25) is 0 Å². The Morgan fingerprint density at radius 3 is 2.20 bits per heavy atom. The van der Waals surface area contributed by atoms with E-state index in [9.17, 15) is 13.6 Å². The first kappa shape index (κ1) is 21.5. The van der Waals surface area contributed by atoms with Crippen LogP contribution in [0.1, 0.15) is 32.6 Å². The molecule has 3 aromatic rings. The lowest BCUT2D eigenvalue weighted by Gasteiger charge is -2.09. The van der Waals surface area contributed by atoms with Gasteiger partial charge in [0.1, 0.15) is 5.75 Å². The van der Waals surface area contributed by atoms with E-state index in [2.05, 4.69) is 15.4 Å². The largest absolute Gasteiger partial charge is 0.435 e. The Hall–Kier alpha value is -3.25. The maximum absolute atomic E-state index is 12.4. The fourth-order valence-corrected chi connectivity index (χ4v) is 2.95. The van der Waals surface area contributed by atoms with Gasteiger partial charge >= 0.3 is 6.61 Å². The maximum Gasteiger partial charge on any atom is 0.387 e. The van der Waals surface area contributed by atoms with Crippen LogP contribution >= 0.6 is 0 Å². The normalized spacial score (nSPS) is 10.8. The SMILES string of the molecule is Cc1ccc(CNC(=O)c2cccc(CNCc3ccc(OC(F)F)cc3)c2)cc1. The summed E-state index contributed by atoms with van der Waals surface area (Å²) in [6.07, 6.45) is 0. The molecule has 0 radical (unpaired) electrons. The van der Waals surface area contributed by atoms with Gasteiger partial charge in [-0.05, 0) is 47.9 Å². The van der Waals surface area contributed by atoms with E-state index in [1.54, 1.807) is 18.2 Å². The van der Waals surface area contributed by atoms with Crippen LogP contribution in [-0.4, -0.2) is 12.5 Å². The molecule has 0 unspecified atom stereocenters. The number of aryl methyl sites for hydroxylation is 1. The lowest BCUT2D eigenvalue weighted by molar-refractivity contribution is -0.0498. The standard InChI is InChI=1S/C24H24F2N2O2/c1-17-5-7-19(8-6-17)16-28-23(29)21-4-2-3-20(13-21)15-27-14-18-9-11-22(12-10-18)30-24(25)26/h2-13,24,27H,14-16H2,1H3,(H,28,29). The third-order valence-electron chi connectivity index (χ3n) is 4.57. The van der Waals surface area contributed by atoms with E-state index in [0.717, 1.165) is 16.7 Å². The first-order valence-corrected chi connectivity index (χ1v) is 9.67. The van der Waals surface area contributed by atoms with Crippen molar-refractivity contribution in [2.24, 2.45) is 0 Å². The highest BCUT2D eigenvalue weighted by Crippen LogP contribution is 2.15. The third-order valence-corrected chi connectivity index (χ3v) is 4.57. The van der Waals surface area contributed by atoms with Gasteiger partial charge in [0.15, 0.2) is 0 Å². The average molecular weight is 410 g/mol. The molecule has 0 aliphatic carbocycles. The minimum atomic E-state index is -2.82. The van der Waals surface area contributed by atoms with Crippen LogP contribution in [0.25, 0.3) is 0 Å². The van der Waals surface area contributed by atoms with E-state index < -0.39 is 6.61 Å². The predicted octanol–water partition coefficient (Wildman–Crippen LogP) is 4.82. The summed E-state index contributed by atoms with van der Waals surface area (Å²) in [5.74, 6) is 0.0187. The smallest absolute Gasteiger partial charge is 0.387 e. The number of carbonyl (C=O) groups is 1. The highest BCUT2D eigenvalue weighted by atomic mass is 19.3. The number of hydrogen-bond acceptors (Lipinski definition) is 3. The molecular formula is C24H24F2N2O2. The van der Waals surface area contributed by atoms with Gasteiger partial charge in [-0.25, -0.2) is 0 Å². The van der Waals surface area contributed by atoms with Gasteiger partial charge in [-0.15, -0.1) is 0 Å². The molecule has 0 aromatic heterocycles. The molecule has 0 saturated heterocycles. The Morgan fingerprint density at radius 1 is 0.867 bits per heavy atom. The molecule has 30 heavy (non-hydrogen) atoms. The molecule has 3 rings (SSSR count). The van der Waals surface area contributed by atoms with Gasteiger partial charge < -0.3 is 15.4 Å². The molecule has 0 fully saturated rings. The summed E-state index contributed by atoms with van der Waals surface area (Å²) in [7, 11) is 0. The molecule has 0 heterocycles. The summed E-state index contributed by atoms with van der Waals surface area (Å²) < 4.78 is 28.7. The fraction of sp³-hybridized carbons (Fsp3) is 0.208. The molecule has 0 bridgehead atoms. The van der Waals surface area contributed by atoms with Gasteiger partial charge in [-0.1, -0.05) is 54.1 Å². The number of rotatable bonds is 9. The Bertz CT molecular complexity index is 958. The van der Waals surface area contributed by atoms with Gasteiger partial charge in [-0.3, -0.25) is 4.79 Å². The summed E-state index contributed by atoms with van der Waals surface area (Å²) >= 11 is 0. The summed E-state index contributed by atoms with van der Waals surface area (Å²) in [6, 6.07) is 22.0. The molecule has 1 amide bonds. The molecule has 3 aromatic carbocycles. The zero-order valence-electron chi connectivity index (χ0n) is 16.7. The van der Waals surface area contributed by atoms with E-state index in [-0.39, 0.29) is 11.7 Å². The van der Waals surface area contributed by atoms with E-state index in [1.165, 1.54) is 17.7 Å². The van der Waals surface area contributed by atoms with Crippen LogP contribution in [0, 0.1) is 6.92 Å². The average Bonchev–Trinajstić information content (AvgIpc) is 2.74. The van der Waals surface area contributed by atoms with Crippen molar-refractivity contribution in [1.29, 1.82) is 0 Å². The minimum Gasteiger partial charge on any atom is -0.435 e. The van der Waals surface area contributed by atoms with E-state index in [1.807, 2.05) is 49.4 Å². The molecule has 0 saturated carbocycles. The van der Waals surface area contributed by atoms with Crippen molar-refractivity contribution in [2.45, 2.75) is 33.2 Å². The van der Waals surface area contributed by atoms with Crippen LogP contribution in [0.15, 0.2) is 72.8 Å². The Balaban J connectivity index is 1.48. The highest BCUT2D eigenvalue weighted by Gasteiger charge is 2.07.